The molecule has 3 rings (SSSR count). The highest BCUT2D eigenvalue weighted by Crippen LogP contribution is 2.19. The third kappa shape index (κ3) is 3.11. The van der Waals surface area contributed by atoms with Crippen LogP contribution in [0.3, 0.4) is 0 Å². The van der Waals surface area contributed by atoms with Gasteiger partial charge < -0.3 is 10.3 Å². The van der Waals surface area contributed by atoms with E-state index in [0.29, 0.717) is 6.54 Å². The molecule has 1 aromatic heterocycles. The van der Waals surface area contributed by atoms with E-state index in [1.54, 1.807) is 12.3 Å². The maximum absolute atomic E-state index is 13.3. The average Bonchev–Trinajstić information content (AvgIpc) is 2.88. The lowest BCUT2D eigenvalue weighted by Gasteiger charge is -2.05. The van der Waals surface area contributed by atoms with Crippen molar-refractivity contribution in [2.24, 2.45) is 0 Å². The number of halogens is 1. The van der Waals surface area contributed by atoms with Gasteiger partial charge in [-0.2, -0.15) is 0 Å². The summed E-state index contributed by atoms with van der Waals surface area (Å²) >= 11 is 0. The molecule has 0 radical (unpaired) electrons. The topological polar surface area (TPSA) is 44.9 Å². The molecule has 0 spiro atoms. The predicted octanol–water partition coefficient (Wildman–Crippen LogP) is 3.17. The lowest BCUT2D eigenvalue weighted by molar-refractivity contribution is -0.120. The Morgan fingerprint density at radius 1 is 1.14 bits per heavy atom. The number of aromatic nitrogens is 1. The van der Waals surface area contributed by atoms with Crippen LogP contribution in [0.2, 0.25) is 0 Å². The summed E-state index contributed by atoms with van der Waals surface area (Å²) in [7, 11) is 0. The van der Waals surface area contributed by atoms with Crippen LogP contribution in [0.5, 0.6) is 0 Å². The summed E-state index contributed by atoms with van der Waals surface area (Å²) < 4.78 is 13.3. The van der Waals surface area contributed by atoms with E-state index in [-0.39, 0.29) is 18.1 Å². The molecule has 0 unspecified atom stereocenters. The molecule has 1 heterocycles. The number of amides is 1. The molecule has 2 N–H and O–H groups in total. The van der Waals surface area contributed by atoms with Gasteiger partial charge in [0.25, 0.3) is 0 Å². The molecule has 0 aliphatic carbocycles. The molecule has 0 aliphatic rings. The van der Waals surface area contributed by atoms with Crippen molar-refractivity contribution in [1.29, 1.82) is 0 Å². The summed E-state index contributed by atoms with van der Waals surface area (Å²) in [5, 5.41) is 3.62. The monoisotopic (exact) mass is 282 g/mol. The molecule has 0 atom stereocenters. The number of carbonyl (C=O) groups excluding carboxylic acids is 1. The molecule has 0 bridgehead atoms. The minimum Gasteiger partial charge on any atom is -0.361 e. The van der Waals surface area contributed by atoms with Gasteiger partial charge in [-0.15, -0.1) is 0 Å². The number of fused-ring (bicyclic) bond motifs is 1. The molecule has 3 aromatic rings. The van der Waals surface area contributed by atoms with Crippen molar-refractivity contribution in [1.82, 2.24) is 10.3 Å². The number of rotatable bonds is 4. The quantitative estimate of drug-likeness (QED) is 0.758. The van der Waals surface area contributed by atoms with E-state index in [1.165, 1.54) is 12.1 Å². The van der Waals surface area contributed by atoms with E-state index in [4.69, 9.17) is 0 Å². The summed E-state index contributed by atoms with van der Waals surface area (Å²) in [6.07, 6.45) is 1.99. The SMILES string of the molecule is O=C(Cc1c[nH]c2ccc(F)cc12)NCc1ccccc1. The molecular formula is C17H15FN2O. The zero-order valence-electron chi connectivity index (χ0n) is 11.4. The van der Waals surface area contributed by atoms with Crippen LogP contribution in [-0.4, -0.2) is 10.9 Å². The largest absolute Gasteiger partial charge is 0.361 e. The fourth-order valence-corrected chi connectivity index (χ4v) is 2.33. The summed E-state index contributed by atoms with van der Waals surface area (Å²) in [6, 6.07) is 14.3. The zero-order chi connectivity index (χ0) is 14.7. The molecular weight excluding hydrogens is 267 g/mol. The molecule has 106 valence electrons. The molecule has 0 aliphatic heterocycles. The van der Waals surface area contributed by atoms with Crippen LogP contribution in [0.15, 0.2) is 54.7 Å². The maximum Gasteiger partial charge on any atom is 0.224 e. The van der Waals surface area contributed by atoms with Crippen molar-refractivity contribution in [2.75, 3.05) is 0 Å². The van der Waals surface area contributed by atoms with Gasteiger partial charge >= 0.3 is 0 Å². The molecule has 0 saturated heterocycles. The number of nitrogens with one attached hydrogen (secondary N) is 2. The first-order chi connectivity index (χ1) is 10.2. The van der Waals surface area contributed by atoms with E-state index >= 15 is 0 Å². The fourth-order valence-electron chi connectivity index (χ4n) is 2.33. The standard InChI is InChI=1S/C17H15FN2O/c18-14-6-7-16-15(9-14)13(11-19-16)8-17(21)20-10-12-4-2-1-3-5-12/h1-7,9,11,19H,8,10H2,(H,20,21). The van der Waals surface area contributed by atoms with E-state index < -0.39 is 0 Å². The average molecular weight is 282 g/mol. The molecule has 0 saturated carbocycles. The number of benzene rings is 2. The van der Waals surface area contributed by atoms with Crippen LogP contribution in [-0.2, 0) is 17.8 Å². The van der Waals surface area contributed by atoms with Crippen LogP contribution < -0.4 is 5.32 Å². The predicted molar refractivity (Wildman–Crippen MR) is 80.2 cm³/mol. The lowest BCUT2D eigenvalue weighted by Crippen LogP contribution is -2.24. The van der Waals surface area contributed by atoms with Crippen molar-refractivity contribution < 1.29 is 9.18 Å². The van der Waals surface area contributed by atoms with Crippen molar-refractivity contribution >= 4 is 16.8 Å². The Morgan fingerprint density at radius 2 is 1.95 bits per heavy atom. The number of hydrogen-bond donors (Lipinski definition) is 2. The normalized spacial score (nSPS) is 10.7. The highest BCUT2D eigenvalue weighted by Gasteiger charge is 2.09. The van der Waals surface area contributed by atoms with Crippen LogP contribution in [0.25, 0.3) is 10.9 Å². The molecule has 2 aromatic carbocycles. The van der Waals surface area contributed by atoms with Crippen LogP contribution in [0.1, 0.15) is 11.1 Å². The molecule has 21 heavy (non-hydrogen) atoms. The first kappa shape index (κ1) is 13.4. The van der Waals surface area contributed by atoms with E-state index in [9.17, 15) is 9.18 Å². The summed E-state index contributed by atoms with van der Waals surface area (Å²) in [4.78, 5) is 15.0. The number of carbonyl (C=O) groups is 1. The summed E-state index contributed by atoms with van der Waals surface area (Å²) in [6.45, 7) is 0.496. The number of H-pyrrole nitrogens is 1. The lowest BCUT2D eigenvalue weighted by atomic mass is 10.1. The van der Waals surface area contributed by atoms with Crippen LogP contribution in [0, 0.1) is 5.82 Å². The van der Waals surface area contributed by atoms with E-state index in [2.05, 4.69) is 10.3 Å². The minimum absolute atomic E-state index is 0.0796. The minimum atomic E-state index is -0.298. The second kappa shape index (κ2) is 5.79. The highest BCUT2D eigenvalue weighted by molar-refractivity contribution is 5.88. The van der Waals surface area contributed by atoms with Gasteiger partial charge in [-0.05, 0) is 29.3 Å². The molecule has 4 heteroatoms. The third-order valence-electron chi connectivity index (χ3n) is 3.41. The van der Waals surface area contributed by atoms with Gasteiger partial charge in [0.15, 0.2) is 0 Å². The van der Waals surface area contributed by atoms with Gasteiger partial charge in [0.2, 0.25) is 5.91 Å². The number of hydrogen-bond acceptors (Lipinski definition) is 1. The van der Waals surface area contributed by atoms with Gasteiger partial charge in [0, 0.05) is 23.6 Å². The first-order valence-corrected chi connectivity index (χ1v) is 6.78. The first-order valence-electron chi connectivity index (χ1n) is 6.78. The Bertz CT molecular complexity index is 765. The van der Waals surface area contributed by atoms with Gasteiger partial charge in [-0.3, -0.25) is 4.79 Å². The summed E-state index contributed by atoms with van der Waals surface area (Å²) in [5.74, 6) is -0.378. The van der Waals surface area contributed by atoms with Gasteiger partial charge in [-0.1, -0.05) is 30.3 Å². The molecule has 0 fully saturated rings. The van der Waals surface area contributed by atoms with Crippen molar-refractivity contribution in [2.45, 2.75) is 13.0 Å². The van der Waals surface area contributed by atoms with Gasteiger partial charge in [0.05, 0.1) is 6.42 Å². The van der Waals surface area contributed by atoms with Crippen LogP contribution >= 0.6 is 0 Å². The zero-order valence-corrected chi connectivity index (χ0v) is 11.4. The Morgan fingerprint density at radius 3 is 2.76 bits per heavy atom. The van der Waals surface area contributed by atoms with E-state index in [0.717, 1.165) is 22.0 Å². The Kier molecular flexibility index (Phi) is 3.69. The molecule has 3 nitrogen and oxygen atoms in total. The Hall–Kier alpha value is -2.62. The van der Waals surface area contributed by atoms with E-state index in [1.807, 2.05) is 30.3 Å². The second-order valence-corrected chi connectivity index (χ2v) is 4.94. The Labute approximate surface area is 121 Å². The van der Waals surface area contributed by atoms with Crippen molar-refractivity contribution in [3.63, 3.8) is 0 Å². The van der Waals surface area contributed by atoms with Crippen LogP contribution in [0.4, 0.5) is 4.39 Å². The Balaban J connectivity index is 1.67. The van der Waals surface area contributed by atoms with Gasteiger partial charge in [0.1, 0.15) is 5.82 Å². The maximum atomic E-state index is 13.3. The second-order valence-electron chi connectivity index (χ2n) is 4.94. The smallest absolute Gasteiger partial charge is 0.224 e. The highest BCUT2D eigenvalue weighted by atomic mass is 19.1. The van der Waals surface area contributed by atoms with Crippen molar-refractivity contribution in [3.8, 4) is 0 Å². The number of aromatic amines is 1. The molecule has 1 amide bonds. The summed E-state index contributed by atoms with van der Waals surface area (Å²) in [5.41, 5.74) is 2.69. The van der Waals surface area contributed by atoms with Gasteiger partial charge in [-0.25, -0.2) is 4.39 Å². The third-order valence-corrected chi connectivity index (χ3v) is 3.41. The fraction of sp³-hybridized carbons (Fsp3) is 0.118. The van der Waals surface area contributed by atoms with Crippen molar-refractivity contribution in [3.05, 3.63) is 71.7 Å².